The third kappa shape index (κ3) is 4.33. The Morgan fingerprint density at radius 3 is 2.82 bits per heavy atom. The number of aliphatic hydroxyl groups excluding tert-OH is 1. The third-order valence-corrected chi connectivity index (χ3v) is 3.35. The Hall–Kier alpha value is -2.34. The molecule has 2 amide bonds. The first-order chi connectivity index (χ1) is 10.6. The number of nitrogens with one attached hydrogen (secondary N) is 2. The third-order valence-electron chi connectivity index (χ3n) is 3.35. The monoisotopic (exact) mass is 302 g/mol. The van der Waals surface area contributed by atoms with Gasteiger partial charge in [-0.25, -0.2) is 9.48 Å². The maximum Gasteiger partial charge on any atom is 0.319 e. The van der Waals surface area contributed by atoms with E-state index >= 15 is 0 Å². The second-order valence-corrected chi connectivity index (χ2v) is 5.37. The Balaban J connectivity index is 2.02. The van der Waals surface area contributed by atoms with Gasteiger partial charge in [-0.05, 0) is 37.5 Å². The van der Waals surface area contributed by atoms with Crippen molar-refractivity contribution in [2.75, 3.05) is 18.5 Å². The van der Waals surface area contributed by atoms with Gasteiger partial charge in [-0.15, -0.1) is 0 Å². The maximum atomic E-state index is 12.0. The van der Waals surface area contributed by atoms with Crippen molar-refractivity contribution in [1.29, 1.82) is 0 Å². The summed E-state index contributed by atoms with van der Waals surface area (Å²) in [5, 5.41) is 18.9. The Kier molecular flexibility index (Phi) is 5.55. The number of anilines is 1. The minimum absolute atomic E-state index is 0.131. The lowest BCUT2D eigenvalue weighted by atomic mass is 10.1. The number of hydrogen-bond donors (Lipinski definition) is 3. The van der Waals surface area contributed by atoms with Crippen LogP contribution < -0.4 is 10.6 Å². The van der Waals surface area contributed by atoms with E-state index in [1.54, 1.807) is 4.68 Å². The molecule has 6 nitrogen and oxygen atoms in total. The molecule has 2 rings (SSSR count). The fourth-order valence-electron chi connectivity index (χ4n) is 2.08. The molecule has 0 fully saturated rings. The number of benzene rings is 1. The average molecular weight is 302 g/mol. The average Bonchev–Trinajstić information content (AvgIpc) is 2.92. The Labute approximate surface area is 130 Å². The lowest BCUT2D eigenvalue weighted by molar-refractivity contribution is 0.243. The first kappa shape index (κ1) is 16.0. The molecule has 0 saturated heterocycles. The largest absolute Gasteiger partial charge is 0.396 e. The normalized spacial score (nSPS) is 12.0. The highest BCUT2D eigenvalue weighted by Crippen LogP contribution is 2.19. The van der Waals surface area contributed by atoms with E-state index < -0.39 is 0 Å². The van der Waals surface area contributed by atoms with Gasteiger partial charge in [0.2, 0.25) is 0 Å². The first-order valence-corrected chi connectivity index (χ1v) is 7.37. The van der Waals surface area contributed by atoms with E-state index in [4.69, 9.17) is 5.11 Å². The van der Waals surface area contributed by atoms with Crippen molar-refractivity contribution in [3.05, 3.63) is 42.2 Å². The van der Waals surface area contributed by atoms with Crippen LogP contribution in [0.5, 0.6) is 0 Å². The fraction of sp³-hybridized carbons (Fsp3) is 0.375. The summed E-state index contributed by atoms with van der Waals surface area (Å²) in [4.78, 5) is 12.0. The standard InChI is InChI=1S/C16H22N4O2/c1-12(8-10-21)11-17-16(22)18-14-5-3-4-6-15(14)20-9-7-13(2)19-20/h3-7,9,12,21H,8,10-11H2,1-2H3,(H2,17,18,22). The molecule has 0 saturated carbocycles. The van der Waals surface area contributed by atoms with E-state index in [-0.39, 0.29) is 18.6 Å². The lowest BCUT2D eigenvalue weighted by Crippen LogP contribution is -2.32. The van der Waals surface area contributed by atoms with Crippen LogP contribution in [0, 0.1) is 12.8 Å². The van der Waals surface area contributed by atoms with E-state index in [0.29, 0.717) is 18.7 Å². The van der Waals surface area contributed by atoms with Crippen LogP contribution in [0.3, 0.4) is 0 Å². The molecule has 1 unspecified atom stereocenters. The lowest BCUT2D eigenvalue weighted by Gasteiger charge is -2.14. The number of aromatic nitrogens is 2. The van der Waals surface area contributed by atoms with Gasteiger partial charge in [0.25, 0.3) is 0 Å². The van der Waals surface area contributed by atoms with Crippen molar-refractivity contribution in [3.63, 3.8) is 0 Å². The van der Waals surface area contributed by atoms with Crippen LogP contribution in [-0.4, -0.2) is 34.1 Å². The summed E-state index contributed by atoms with van der Waals surface area (Å²) in [5.41, 5.74) is 2.42. The molecule has 0 aliphatic heterocycles. The van der Waals surface area contributed by atoms with E-state index in [0.717, 1.165) is 11.4 Å². The molecule has 0 bridgehead atoms. The van der Waals surface area contributed by atoms with Crippen molar-refractivity contribution in [2.24, 2.45) is 5.92 Å². The highest BCUT2D eigenvalue weighted by atomic mass is 16.3. The van der Waals surface area contributed by atoms with Crippen molar-refractivity contribution < 1.29 is 9.90 Å². The van der Waals surface area contributed by atoms with E-state index in [9.17, 15) is 4.79 Å². The molecule has 22 heavy (non-hydrogen) atoms. The van der Waals surface area contributed by atoms with Crippen LogP contribution in [0.15, 0.2) is 36.5 Å². The molecule has 1 atom stereocenters. The van der Waals surface area contributed by atoms with Crippen LogP contribution in [0.1, 0.15) is 19.0 Å². The number of nitrogens with zero attached hydrogens (tertiary/aromatic N) is 2. The van der Waals surface area contributed by atoms with E-state index in [1.807, 2.05) is 50.4 Å². The van der Waals surface area contributed by atoms with Gasteiger partial charge < -0.3 is 15.7 Å². The van der Waals surface area contributed by atoms with Gasteiger partial charge in [0.15, 0.2) is 0 Å². The Bertz CT molecular complexity index is 624. The van der Waals surface area contributed by atoms with Crippen molar-refractivity contribution in [1.82, 2.24) is 15.1 Å². The molecule has 1 heterocycles. The van der Waals surface area contributed by atoms with Crippen LogP contribution in [0.4, 0.5) is 10.5 Å². The van der Waals surface area contributed by atoms with Crippen molar-refractivity contribution in [2.45, 2.75) is 20.3 Å². The number of urea groups is 1. The van der Waals surface area contributed by atoms with Gasteiger partial charge in [0.1, 0.15) is 0 Å². The SMILES string of the molecule is Cc1ccn(-c2ccccc2NC(=O)NCC(C)CCO)n1. The number of amides is 2. The number of carbonyl (C=O) groups is 1. The fourth-order valence-corrected chi connectivity index (χ4v) is 2.08. The van der Waals surface area contributed by atoms with Crippen molar-refractivity contribution in [3.8, 4) is 5.69 Å². The summed E-state index contributed by atoms with van der Waals surface area (Å²) < 4.78 is 1.74. The molecule has 6 heteroatoms. The summed E-state index contributed by atoms with van der Waals surface area (Å²) in [7, 11) is 0. The number of aryl methyl sites for hydroxylation is 1. The predicted molar refractivity (Wildman–Crippen MR) is 86.2 cm³/mol. The molecule has 0 aliphatic rings. The summed E-state index contributed by atoms with van der Waals surface area (Å²) >= 11 is 0. The minimum Gasteiger partial charge on any atom is -0.396 e. The smallest absolute Gasteiger partial charge is 0.319 e. The molecule has 1 aromatic heterocycles. The van der Waals surface area contributed by atoms with Crippen molar-refractivity contribution >= 4 is 11.7 Å². The summed E-state index contributed by atoms with van der Waals surface area (Å²) in [5.74, 6) is 0.236. The summed E-state index contributed by atoms with van der Waals surface area (Å²) in [6.07, 6.45) is 2.53. The van der Waals surface area contributed by atoms with E-state index in [1.165, 1.54) is 0 Å². The number of aliphatic hydroxyl groups is 1. The minimum atomic E-state index is -0.263. The van der Waals surface area contributed by atoms with Gasteiger partial charge in [-0.3, -0.25) is 0 Å². The molecule has 0 radical (unpaired) electrons. The second kappa shape index (κ2) is 7.61. The van der Waals surface area contributed by atoms with Gasteiger partial charge in [-0.2, -0.15) is 5.10 Å². The van der Waals surface area contributed by atoms with Crippen LogP contribution in [0.25, 0.3) is 5.69 Å². The quantitative estimate of drug-likeness (QED) is 0.766. The van der Waals surface area contributed by atoms with Gasteiger partial charge in [0, 0.05) is 19.3 Å². The highest BCUT2D eigenvalue weighted by Gasteiger charge is 2.09. The second-order valence-electron chi connectivity index (χ2n) is 5.37. The van der Waals surface area contributed by atoms with Gasteiger partial charge in [0.05, 0.1) is 17.1 Å². The van der Waals surface area contributed by atoms with Crippen LogP contribution >= 0.6 is 0 Å². The Morgan fingerprint density at radius 2 is 2.14 bits per heavy atom. The Morgan fingerprint density at radius 1 is 1.36 bits per heavy atom. The number of hydrogen-bond acceptors (Lipinski definition) is 3. The molecule has 0 spiro atoms. The molecule has 2 aromatic rings. The zero-order valence-corrected chi connectivity index (χ0v) is 12.9. The van der Waals surface area contributed by atoms with Gasteiger partial charge in [-0.1, -0.05) is 19.1 Å². The summed E-state index contributed by atoms with van der Waals surface area (Å²) in [6, 6.07) is 9.15. The highest BCUT2D eigenvalue weighted by molar-refractivity contribution is 5.91. The van der Waals surface area contributed by atoms with Crippen LogP contribution in [0.2, 0.25) is 0 Å². The molecule has 118 valence electrons. The zero-order chi connectivity index (χ0) is 15.9. The van der Waals surface area contributed by atoms with E-state index in [2.05, 4.69) is 15.7 Å². The summed E-state index contributed by atoms with van der Waals surface area (Å²) in [6.45, 7) is 4.56. The number of rotatable bonds is 6. The predicted octanol–water partition coefficient (Wildman–Crippen LogP) is 2.32. The zero-order valence-electron chi connectivity index (χ0n) is 12.9. The molecular formula is C16H22N4O2. The molecule has 1 aromatic carbocycles. The maximum absolute atomic E-state index is 12.0. The molecular weight excluding hydrogens is 280 g/mol. The topological polar surface area (TPSA) is 79.2 Å². The number of para-hydroxylation sites is 2. The molecule has 0 aliphatic carbocycles. The first-order valence-electron chi connectivity index (χ1n) is 7.37. The van der Waals surface area contributed by atoms with Crippen LogP contribution in [-0.2, 0) is 0 Å². The number of carbonyl (C=O) groups excluding carboxylic acids is 1. The molecule has 3 N–H and O–H groups in total. The van der Waals surface area contributed by atoms with Gasteiger partial charge >= 0.3 is 6.03 Å².